The predicted octanol–water partition coefficient (Wildman–Crippen LogP) is 3.58. The van der Waals surface area contributed by atoms with Gasteiger partial charge in [0.05, 0.1) is 45.1 Å². The summed E-state index contributed by atoms with van der Waals surface area (Å²) in [6.07, 6.45) is 1.10. The molecule has 0 radical (unpaired) electrons. The first-order valence-electron chi connectivity index (χ1n) is 10.2. The number of carbonyl (C=O) groups excluding carboxylic acids is 2. The van der Waals surface area contributed by atoms with Crippen LogP contribution in [0.5, 0.6) is 5.75 Å². The molecule has 174 valence electrons. The zero-order valence-corrected chi connectivity index (χ0v) is 19.4. The highest BCUT2D eigenvalue weighted by Gasteiger charge is 2.20. The van der Waals surface area contributed by atoms with Crippen LogP contribution in [0.4, 0.5) is 4.79 Å². The highest BCUT2D eigenvalue weighted by molar-refractivity contribution is 5.90. The summed E-state index contributed by atoms with van der Waals surface area (Å²) >= 11 is 0. The van der Waals surface area contributed by atoms with Crippen LogP contribution in [-0.4, -0.2) is 63.8 Å². The van der Waals surface area contributed by atoms with E-state index in [0.29, 0.717) is 31.1 Å². The fourth-order valence-electron chi connectivity index (χ4n) is 2.74. The van der Waals surface area contributed by atoms with E-state index >= 15 is 0 Å². The number of carbonyl (C=O) groups is 2. The van der Waals surface area contributed by atoms with Gasteiger partial charge in [0.25, 0.3) is 0 Å². The molecule has 1 aromatic carbocycles. The summed E-state index contributed by atoms with van der Waals surface area (Å²) in [5.41, 5.74) is 1.56. The number of esters is 1. The van der Waals surface area contributed by atoms with E-state index in [9.17, 15) is 9.59 Å². The number of amides is 1. The van der Waals surface area contributed by atoms with Gasteiger partial charge in [0.1, 0.15) is 18.0 Å². The standard InChI is InChI=1S/C23H35NO7/c1-8-9-28-14-19(24-22(26)31-23(4,5)6)15-29-10-11-30-20-16(2)12-18(13-17(20)3)21(25)27-7/h8,12-13,19H,1,9-11,14-15H2,2-7H3,(H,24,26)/t19-/m1/s1. The van der Waals surface area contributed by atoms with Crippen LogP contribution >= 0.6 is 0 Å². The number of ether oxygens (including phenoxy) is 5. The molecule has 1 amide bonds. The van der Waals surface area contributed by atoms with E-state index in [1.165, 1.54) is 7.11 Å². The van der Waals surface area contributed by atoms with Crippen LogP contribution in [0.2, 0.25) is 0 Å². The minimum Gasteiger partial charge on any atom is -0.491 e. The van der Waals surface area contributed by atoms with Crippen molar-refractivity contribution in [3.05, 3.63) is 41.5 Å². The van der Waals surface area contributed by atoms with Gasteiger partial charge in [-0.05, 0) is 57.9 Å². The molecule has 0 heterocycles. The Balaban J connectivity index is 2.53. The number of benzene rings is 1. The number of nitrogens with one attached hydrogen (secondary N) is 1. The zero-order valence-electron chi connectivity index (χ0n) is 19.4. The highest BCUT2D eigenvalue weighted by Crippen LogP contribution is 2.25. The molecule has 31 heavy (non-hydrogen) atoms. The van der Waals surface area contributed by atoms with Gasteiger partial charge in [-0.2, -0.15) is 0 Å². The monoisotopic (exact) mass is 437 g/mol. The molecule has 0 aromatic heterocycles. The van der Waals surface area contributed by atoms with E-state index in [-0.39, 0.29) is 25.2 Å². The van der Waals surface area contributed by atoms with E-state index in [2.05, 4.69) is 11.9 Å². The van der Waals surface area contributed by atoms with Crippen molar-refractivity contribution in [2.45, 2.75) is 46.3 Å². The van der Waals surface area contributed by atoms with Crippen molar-refractivity contribution < 1.29 is 33.3 Å². The van der Waals surface area contributed by atoms with Crippen molar-refractivity contribution in [3.63, 3.8) is 0 Å². The van der Waals surface area contributed by atoms with Crippen molar-refractivity contribution in [1.29, 1.82) is 0 Å². The number of rotatable bonds is 12. The molecule has 0 spiro atoms. The Morgan fingerprint density at radius 1 is 1.10 bits per heavy atom. The van der Waals surface area contributed by atoms with Crippen LogP contribution in [0.1, 0.15) is 42.3 Å². The highest BCUT2D eigenvalue weighted by atomic mass is 16.6. The van der Waals surface area contributed by atoms with E-state index in [4.69, 9.17) is 23.7 Å². The van der Waals surface area contributed by atoms with Gasteiger partial charge in [0.15, 0.2) is 0 Å². The normalized spacial score (nSPS) is 12.1. The molecular formula is C23H35NO7. The molecular weight excluding hydrogens is 402 g/mol. The summed E-state index contributed by atoms with van der Waals surface area (Å²) in [5, 5.41) is 2.75. The van der Waals surface area contributed by atoms with Gasteiger partial charge < -0.3 is 29.0 Å². The Morgan fingerprint density at radius 2 is 1.71 bits per heavy atom. The average molecular weight is 438 g/mol. The van der Waals surface area contributed by atoms with Gasteiger partial charge in [0, 0.05) is 0 Å². The third kappa shape index (κ3) is 10.3. The van der Waals surface area contributed by atoms with Crippen LogP contribution in [0.3, 0.4) is 0 Å². The van der Waals surface area contributed by atoms with Crippen LogP contribution < -0.4 is 10.1 Å². The minimum absolute atomic E-state index is 0.235. The molecule has 1 N–H and O–H groups in total. The molecule has 0 aliphatic rings. The van der Waals surface area contributed by atoms with Crippen LogP contribution in [-0.2, 0) is 18.9 Å². The molecule has 1 rings (SSSR count). The summed E-state index contributed by atoms with van der Waals surface area (Å²) in [5.74, 6) is 0.317. The molecule has 1 atom stereocenters. The number of aryl methyl sites for hydroxylation is 2. The third-order valence-corrected chi connectivity index (χ3v) is 3.95. The van der Waals surface area contributed by atoms with E-state index in [0.717, 1.165) is 11.1 Å². The van der Waals surface area contributed by atoms with Crippen molar-refractivity contribution in [3.8, 4) is 5.75 Å². The summed E-state index contributed by atoms with van der Waals surface area (Å²) in [7, 11) is 1.35. The number of alkyl carbamates (subject to hydrolysis) is 1. The summed E-state index contributed by atoms with van der Waals surface area (Å²) in [4.78, 5) is 23.7. The quantitative estimate of drug-likeness (QED) is 0.303. The Kier molecular flexibility index (Phi) is 11.1. The lowest BCUT2D eigenvalue weighted by atomic mass is 10.1. The summed E-state index contributed by atoms with van der Waals surface area (Å²) in [6.45, 7) is 14.2. The van der Waals surface area contributed by atoms with Gasteiger partial charge >= 0.3 is 12.1 Å². The lowest BCUT2D eigenvalue weighted by Gasteiger charge is -2.23. The maximum Gasteiger partial charge on any atom is 0.408 e. The molecule has 0 saturated heterocycles. The minimum atomic E-state index is -0.593. The van der Waals surface area contributed by atoms with Gasteiger partial charge in [-0.1, -0.05) is 6.08 Å². The van der Waals surface area contributed by atoms with E-state index < -0.39 is 11.7 Å². The molecule has 0 aliphatic carbocycles. The topological polar surface area (TPSA) is 92.3 Å². The van der Waals surface area contributed by atoms with Crippen molar-refractivity contribution in [2.75, 3.05) is 40.1 Å². The van der Waals surface area contributed by atoms with Crippen molar-refractivity contribution >= 4 is 12.1 Å². The van der Waals surface area contributed by atoms with Gasteiger partial charge in [-0.15, -0.1) is 6.58 Å². The Bertz CT molecular complexity index is 717. The number of hydrogen-bond donors (Lipinski definition) is 1. The van der Waals surface area contributed by atoms with Crippen LogP contribution in [0.25, 0.3) is 0 Å². The Morgan fingerprint density at radius 3 is 2.26 bits per heavy atom. The number of methoxy groups -OCH3 is 1. The predicted molar refractivity (Wildman–Crippen MR) is 118 cm³/mol. The van der Waals surface area contributed by atoms with E-state index in [1.807, 2.05) is 13.8 Å². The molecule has 8 nitrogen and oxygen atoms in total. The second-order valence-electron chi connectivity index (χ2n) is 8.02. The van der Waals surface area contributed by atoms with Gasteiger partial charge in [-0.25, -0.2) is 9.59 Å². The summed E-state index contributed by atoms with van der Waals surface area (Å²) in [6, 6.07) is 3.08. The van der Waals surface area contributed by atoms with Crippen LogP contribution in [0.15, 0.2) is 24.8 Å². The van der Waals surface area contributed by atoms with Crippen molar-refractivity contribution in [2.24, 2.45) is 0 Å². The molecule has 0 fully saturated rings. The lowest BCUT2D eigenvalue weighted by Crippen LogP contribution is -2.44. The summed E-state index contributed by atoms with van der Waals surface area (Å²) < 4.78 is 27.0. The fourth-order valence-corrected chi connectivity index (χ4v) is 2.74. The third-order valence-electron chi connectivity index (χ3n) is 3.95. The second kappa shape index (κ2) is 13.0. The first-order chi connectivity index (χ1) is 14.6. The maximum atomic E-state index is 12.0. The second-order valence-corrected chi connectivity index (χ2v) is 8.02. The van der Waals surface area contributed by atoms with Gasteiger partial charge in [0.2, 0.25) is 0 Å². The maximum absolute atomic E-state index is 12.0. The largest absolute Gasteiger partial charge is 0.491 e. The van der Waals surface area contributed by atoms with Gasteiger partial charge in [-0.3, -0.25) is 0 Å². The first kappa shape index (κ1) is 26.5. The SMILES string of the molecule is C=CCOC[C@H](COCCOc1c(C)cc(C(=O)OC)cc1C)NC(=O)OC(C)(C)C. The molecule has 0 unspecified atom stereocenters. The number of hydrogen-bond acceptors (Lipinski definition) is 7. The Hall–Kier alpha value is -2.58. The van der Waals surface area contributed by atoms with Crippen LogP contribution in [0, 0.1) is 13.8 Å². The molecule has 8 heteroatoms. The average Bonchev–Trinajstić information content (AvgIpc) is 2.67. The molecule has 1 aromatic rings. The molecule has 0 bridgehead atoms. The molecule has 0 saturated carbocycles. The lowest BCUT2D eigenvalue weighted by molar-refractivity contribution is 0.0279. The fraction of sp³-hybridized carbons (Fsp3) is 0.565. The Labute approximate surface area is 184 Å². The van der Waals surface area contributed by atoms with Crippen molar-refractivity contribution in [1.82, 2.24) is 5.32 Å². The zero-order chi connectivity index (χ0) is 23.4. The smallest absolute Gasteiger partial charge is 0.408 e. The molecule has 0 aliphatic heterocycles. The first-order valence-corrected chi connectivity index (χ1v) is 10.2. The van der Waals surface area contributed by atoms with E-state index in [1.54, 1.807) is 39.0 Å².